The molecule has 3 rings (SSSR count). The van der Waals surface area contributed by atoms with Gasteiger partial charge in [-0.15, -0.1) is 0 Å². The van der Waals surface area contributed by atoms with Gasteiger partial charge in [0.15, 0.2) is 5.13 Å². The fourth-order valence-electron chi connectivity index (χ4n) is 2.24. The molecule has 0 spiro atoms. The molecule has 1 aromatic heterocycles. The average Bonchev–Trinajstić information content (AvgIpc) is 2.81. The van der Waals surface area contributed by atoms with Gasteiger partial charge >= 0.3 is 0 Å². The number of benzene rings is 1. The molecule has 0 aliphatic carbocycles. The van der Waals surface area contributed by atoms with Crippen molar-refractivity contribution in [1.82, 2.24) is 10.3 Å². The molecule has 22 heavy (non-hydrogen) atoms. The van der Waals surface area contributed by atoms with E-state index >= 15 is 0 Å². The first-order valence-corrected chi connectivity index (χ1v) is 7.75. The molecule has 7 heteroatoms. The molecule has 0 bridgehead atoms. The number of nitrogens with zero attached hydrogens (tertiary/aromatic N) is 1. The predicted octanol–water partition coefficient (Wildman–Crippen LogP) is 2.14. The van der Waals surface area contributed by atoms with Gasteiger partial charge in [0.25, 0.3) is 5.91 Å². The van der Waals surface area contributed by atoms with Crippen molar-refractivity contribution < 1.29 is 14.0 Å². The van der Waals surface area contributed by atoms with Gasteiger partial charge in [0.2, 0.25) is 5.91 Å². The molecule has 0 saturated heterocycles. The Morgan fingerprint density at radius 2 is 2.14 bits per heavy atom. The minimum atomic E-state index is -0.334. The van der Waals surface area contributed by atoms with Crippen molar-refractivity contribution >= 4 is 28.3 Å². The van der Waals surface area contributed by atoms with Gasteiger partial charge in [0.05, 0.1) is 12.1 Å². The normalized spacial score (nSPS) is 14.0. The number of carbonyl (C=O) groups is 2. The highest BCUT2D eigenvalue weighted by Crippen LogP contribution is 2.25. The maximum Gasteiger partial charge on any atom is 0.263 e. The molecule has 0 fully saturated rings. The highest BCUT2D eigenvalue weighted by Gasteiger charge is 2.21. The number of carbonyl (C=O) groups excluding carboxylic acids is 2. The van der Waals surface area contributed by atoms with Crippen LogP contribution in [0.3, 0.4) is 0 Å². The smallest absolute Gasteiger partial charge is 0.263 e. The molecule has 0 unspecified atom stereocenters. The van der Waals surface area contributed by atoms with Gasteiger partial charge in [-0.1, -0.05) is 23.5 Å². The van der Waals surface area contributed by atoms with Gasteiger partial charge in [-0.3, -0.25) is 9.59 Å². The molecule has 1 aliphatic rings. The fraction of sp³-hybridized carbons (Fsp3) is 0.267. The molecular formula is C15H14FN3O2S. The number of hydrogen-bond acceptors (Lipinski definition) is 4. The summed E-state index contributed by atoms with van der Waals surface area (Å²) in [5.74, 6) is -0.709. The first-order chi connectivity index (χ1) is 10.6. The van der Waals surface area contributed by atoms with Gasteiger partial charge in [-0.25, -0.2) is 9.37 Å². The van der Waals surface area contributed by atoms with Crippen molar-refractivity contribution in [2.24, 2.45) is 0 Å². The third kappa shape index (κ3) is 3.30. The predicted molar refractivity (Wildman–Crippen MR) is 81.5 cm³/mol. The van der Waals surface area contributed by atoms with Gasteiger partial charge in [0.1, 0.15) is 10.7 Å². The number of anilines is 1. The highest BCUT2D eigenvalue weighted by atomic mass is 32.1. The number of aryl methyl sites for hydroxylation is 1. The summed E-state index contributed by atoms with van der Waals surface area (Å²) in [6.45, 7) is 0.647. The number of halogens is 1. The summed E-state index contributed by atoms with van der Waals surface area (Å²) in [5, 5.41) is 5.92. The molecule has 0 radical (unpaired) electrons. The van der Waals surface area contributed by atoms with E-state index in [4.69, 9.17) is 0 Å². The zero-order valence-electron chi connectivity index (χ0n) is 11.7. The van der Waals surface area contributed by atoms with E-state index < -0.39 is 0 Å². The molecule has 1 aromatic carbocycles. The maximum absolute atomic E-state index is 12.8. The quantitative estimate of drug-likeness (QED) is 0.910. The van der Waals surface area contributed by atoms with Crippen LogP contribution in [0.2, 0.25) is 0 Å². The summed E-state index contributed by atoms with van der Waals surface area (Å²) in [6.07, 6.45) is 1.70. The Balaban J connectivity index is 1.68. The first-order valence-electron chi connectivity index (χ1n) is 6.94. The standard InChI is InChI=1S/C15H14FN3O2S/c16-10-5-3-9(4-6-10)8-12(20)19-15-18-11-2-1-7-17-14(21)13(11)22-15/h3-6H,1-2,7-8H2,(H,17,21)(H,18,19,20). The van der Waals surface area contributed by atoms with Gasteiger partial charge in [-0.2, -0.15) is 0 Å². The lowest BCUT2D eigenvalue weighted by Crippen LogP contribution is -2.21. The highest BCUT2D eigenvalue weighted by molar-refractivity contribution is 7.17. The van der Waals surface area contributed by atoms with Gasteiger partial charge in [-0.05, 0) is 30.5 Å². The molecule has 5 nitrogen and oxygen atoms in total. The number of thiazole rings is 1. The van der Waals surface area contributed by atoms with Crippen LogP contribution in [0.5, 0.6) is 0 Å². The number of fused-ring (bicyclic) bond motifs is 1. The second kappa shape index (κ2) is 6.23. The molecule has 114 valence electrons. The van der Waals surface area contributed by atoms with E-state index in [0.717, 1.165) is 24.1 Å². The van der Waals surface area contributed by atoms with E-state index in [1.807, 2.05) is 0 Å². The van der Waals surface area contributed by atoms with Crippen LogP contribution in [-0.2, 0) is 17.6 Å². The minimum absolute atomic E-state index is 0.135. The van der Waals surface area contributed by atoms with E-state index in [1.165, 1.54) is 23.5 Å². The Bertz CT molecular complexity index is 712. The number of amides is 2. The minimum Gasteiger partial charge on any atom is -0.351 e. The van der Waals surface area contributed by atoms with E-state index in [1.54, 1.807) is 12.1 Å². The van der Waals surface area contributed by atoms with E-state index in [0.29, 0.717) is 16.6 Å². The molecule has 0 saturated carbocycles. The lowest BCUT2D eigenvalue weighted by Gasteiger charge is -2.02. The van der Waals surface area contributed by atoms with Gasteiger partial charge < -0.3 is 10.6 Å². The molecule has 2 heterocycles. The summed E-state index contributed by atoms with van der Waals surface area (Å²) in [5.41, 5.74) is 1.45. The van der Waals surface area contributed by atoms with E-state index in [2.05, 4.69) is 15.6 Å². The van der Waals surface area contributed by atoms with Crippen molar-refractivity contribution in [2.45, 2.75) is 19.3 Å². The number of aromatic nitrogens is 1. The van der Waals surface area contributed by atoms with Gasteiger partial charge in [0, 0.05) is 6.54 Å². The molecule has 2 aromatic rings. The number of nitrogens with one attached hydrogen (secondary N) is 2. The zero-order valence-corrected chi connectivity index (χ0v) is 12.5. The Labute approximate surface area is 130 Å². The van der Waals surface area contributed by atoms with Crippen LogP contribution in [0.1, 0.15) is 27.3 Å². The second-order valence-electron chi connectivity index (χ2n) is 5.01. The lowest BCUT2D eigenvalue weighted by molar-refractivity contribution is -0.115. The first kappa shape index (κ1) is 14.6. The molecular weight excluding hydrogens is 305 g/mol. The van der Waals surface area contributed by atoms with Crippen LogP contribution in [0.15, 0.2) is 24.3 Å². The summed E-state index contributed by atoms with van der Waals surface area (Å²) in [6, 6.07) is 5.77. The van der Waals surface area contributed by atoms with Crippen LogP contribution in [0.25, 0.3) is 0 Å². The van der Waals surface area contributed by atoms with Crippen LogP contribution in [-0.4, -0.2) is 23.3 Å². The second-order valence-corrected chi connectivity index (χ2v) is 6.00. The largest absolute Gasteiger partial charge is 0.351 e. The van der Waals surface area contributed by atoms with Crippen molar-refractivity contribution in [3.8, 4) is 0 Å². The molecule has 0 atom stereocenters. The summed E-state index contributed by atoms with van der Waals surface area (Å²) in [4.78, 5) is 28.7. The summed E-state index contributed by atoms with van der Waals surface area (Å²) in [7, 11) is 0. The summed E-state index contributed by atoms with van der Waals surface area (Å²) >= 11 is 1.18. The monoisotopic (exact) mass is 319 g/mol. The van der Waals surface area contributed by atoms with Crippen molar-refractivity contribution in [3.63, 3.8) is 0 Å². The van der Waals surface area contributed by atoms with Crippen molar-refractivity contribution in [3.05, 3.63) is 46.2 Å². The third-order valence-electron chi connectivity index (χ3n) is 3.30. The van der Waals surface area contributed by atoms with Crippen LogP contribution in [0, 0.1) is 5.82 Å². The third-order valence-corrected chi connectivity index (χ3v) is 4.32. The Kier molecular flexibility index (Phi) is 4.15. The Morgan fingerprint density at radius 3 is 2.91 bits per heavy atom. The van der Waals surface area contributed by atoms with Crippen LogP contribution in [0.4, 0.5) is 9.52 Å². The maximum atomic E-state index is 12.8. The zero-order chi connectivity index (χ0) is 15.5. The van der Waals surface area contributed by atoms with Crippen LogP contribution < -0.4 is 10.6 Å². The fourth-order valence-corrected chi connectivity index (χ4v) is 3.19. The SMILES string of the molecule is O=C(Cc1ccc(F)cc1)Nc1nc2c(s1)C(=O)NCCC2. The Morgan fingerprint density at radius 1 is 1.36 bits per heavy atom. The average molecular weight is 319 g/mol. The summed E-state index contributed by atoms with van der Waals surface area (Å²) < 4.78 is 12.8. The molecule has 2 N–H and O–H groups in total. The van der Waals surface area contributed by atoms with E-state index in [9.17, 15) is 14.0 Å². The molecule has 2 amide bonds. The Hall–Kier alpha value is -2.28. The number of hydrogen-bond donors (Lipinski definition) is 2. The lowest BCUT2D eigenvalue weighted by atomic mass is 10.1. The van der Waals surface area contributed by atoms with Crippen LogP contribution >= 0.6 is 11.3 Å². The van der Waals surface area contributed by atoms with E-state index in [-0.39, 0.29) is 24.1 Å². The molecule has 1 aliphatic heterocycles. The number of rotatable bonds is 3. The van der Waals surface area contributed by atoms with Crippen molar-refractivity contribution in [1.29, 1.82) is 0 Å². The topological polar surface area (TPSA) is 71.1 Å². The van der Waals surface area contributed by atoms with Crippen molar-refractivity contribution in [2.75, 3.05) is 11.9 Å².